The lowest BCUT2D eigenvalue weighted by atomic mass is 9.95. The monoisotopic (exact) mass is 597 g/mol. The molecule has 2 unspecified atom stereocenters. The Labute approximate surface area is 261 Å². The third kappa shape index (κ3) is 7.00. The predicted octanol–water partition coefficient (Wildman–Crippen LogP) is 6.74. The summed E-state index contributed by atoms with van der Waals surface area (Å²) in [6.07, 6.45) is 9.34. The summed E-state index contributed by atoms with van der Waals surface area (Å²) in [7, 11) is 5.80. The Bertz CT molecular complexity index is 1580. The van der Waals surface area contributed by atoms with Crippen molar-refractivity contribution in [3.63, 3.8) is 0 Å². The van der Waals surface area contributed by atoms with E-state index in [1.165, 1.54) is 42.8 Å². The van der Waals surface area contributed by atoms with E-state index in [4.69, 9.17) is 9.72 Å². The van der Waals surface area contributed by atoms with Gasteiger partial charge in [-0.3, -0.25) is 0 Å². The van der Waals surface area contributed by atoms with Crippen molar-refractivity contribution in [1.29, 1.82) is 0 Å². The summed E-state index contributed by atoms with van der Waals surface area (Å²) in [6.45, 7) is 12.4. The Kier molecular flexibility index (Phi) is 10.1. The van der Waals surface area contributed by atoms with Crippen LogP contribution < -0.4 is 20.3 Å². The van der Waals surface area contributed by atoms with Gasteiger partial charge in [0.2, 0.25) is 5.95 Å². The molecule has 44 heavy (non-hydrogen) atoms. The minimum Gasteiger partial charge on any atom is -0.494 e. The first-order valence-electron chi connectivity index (χ1n) is 15.7. The SMILES string of the molecule is C=CC(O)Nc1cc(Nc2nccc(-c3cn(C)c4cc(C(C)CCC)ccc34)n2)c(OC)cc1N(C)CCN1CCCC1. The fourth-order valence-corrected chi connectivity index (χ4v) is 6.10. The number of ether oxygens (including phenoxy) is 1. The average molecular weight is 598 g/mol. The molecule has 3 heterocycles. The van der Waals surface area contributed by atoms with Gasteiger partial charge in [-0.05, 0) is 68.1 Å². The molecule has 4 aromatic rings. The molecule has 9 heteroatoms. The van der Waals surface area contributed by atoms with Gasteiger partial charge in [0.1, 0.15) is 12.0 Å². The number of hydrogen-bond acceptors (Lipinski definition) is 8. The van der Waals surface area contributed by atoms with Gasteiger partial charge in [-0.2, -0.15) is 0 Å². The fourth-order valence-electron chi connectivity index (χ4n) is 6.10. The highest BCUT2D eigenvalue weighted by Crippen LogP contribution is 2.39. The molecule has 2 aromatic carbocycles. The zero-order valence-electron chi connectivity index (χ0n) is 26.8. The number of aryl methyl sites for hydroxylation is 1. The highest BCUT2D eigenvalue weighted by molar-refractivity contribution is 5.95. The van der Waals surface area contributed by atoms with Crippen molar-refractivity contribution >= 4 is 33.9 Å². The predicted molar refractivity (Wildman–Crippen MR) is 182 cm³/mol. The normalized spacial score (nSPS) is 14.9. The second-order valence-corrected chi connectivity index (χ2v) is 11.9. The highest BCUT2D eigenvalue weighted by Gasteiger charge is 2.19. The number of aromatic nitrogens is 3. The van der Waals surface area contributed by atoms with Gasteiger partial charge in [0, 0.05) is 62.1 Å². The number of nitrogens with one attached hydrogen (secondary N) is 2. The number of rotatable bonds is 14. The molecule has 2 aromatic heterocycles. The summed E-state index contributed by atoms with van der Waals surface area (Å²) in [4.78, 5) is 14.1. The molecule has 1 aliphatic rings. The molecule has 2 atom stereocenters. The van der Waals surface area contributed by atoms with Gasteiger partial charge in [-0.15, -0.1) is 0 Å². The molecule has 3 N–H and O–H groups in total. The summed E-state index contributed by atoms with van der Waals surface area (Å²) < 4.78 is 8.00. The van der Waals surface area contributed by atoms with E-state index in [1.54, 1.807) is 13.3 Å². The van der Waals surface area contributed by atoms with E-state index in [-0.39, 0.29) is 0 Å². The van der Waals surface area contributed by atoms with Crippen LogP contribution >= 0.6 is 0 Å². The standard InChI is InChI=1S/C35H47N7O2/c1-7-11-24(3)25-12-13-26-27(23-41(5)31(26)20-25)28-14-15-36-35(38-28)39-30-21-29(37-34(43)8-2)32(22-33(30)44-6)40(4)18-19-42-16-9-10-17-42/h8,12-15,20-24,34,37,43H,2,7,9-11,16-19H2,1,3-6H3,(H,36,38,39). The maximum absolute atomic E-state index is 10.4. The zero-order chi connectivity index (χ0) is 31.2. The number of aliphatic hydroxyl groups excluding tert-OH is 1. The molecule has 1 fully saturated rings. The van der Waals surface area contributed by atoms with Crippen molar-refractivity contribution in [2.24, 2.45) is 7.05 Å². The van der Waals surface area contributed by atoms with Crippen LogP contribution in [-0.2, 0) is 7.05 Å². The number of likely N-dealkylation sites (N-methyl/N-ethyl adjacent to an activating group) is 1. The molecule has 5 rings (SSSR count). The highest BCUT2D eigenvalue weighted by atomic mass is 16.5. The summed E-state index contributed by atoms with van der Waals surface area (Å²) in [5, 5.41) is 18.1. The number of hydrogen-bond donors (Lipinski definition) is 3. The molecule has 0 aliphatic carbocycles. The Morgan fingerprint density at radius 1 is 1.16 bits per heavy atom. The number of nitrogens with zero attached hydrogens (tertiary/aromatic N) is 5. The average Bonchev–Trinajstić information content (AvgIpc) is 3.68. The molecular formula is C35H47N7O2. The largest absolute Gasteiger partial charge is 0.494 e. The summed E-state index contributed by atoms with van der Waals surface area (Å²) in [5.74, 6) is 1.63. The minimum absolute atomic E-state index is 0.455. The lowest BCUT2D eigenvalue weighted by Gasteiger charge is -2.27. The van der Waals surface area contributed by atoms with E-state index < -0.39 is 6.23 Å². The molecule has 0 amide bonds. The van der Waals surface area contributed by atoms with Crippen LogP contribution in [0, 0.1) is 0 Å². The van der Waals surface area contributed by atoms with Crippen molar-refractivity contribution < 1.29 is 9.84 Å². The van der Waals surface area contributed by atoms with Gasteiger partial charge in [-0.1, -0.05) is 39.0 Å². The summed E-state index contributed by atoms with van der Waals surface area (Å²) in [5.41, 5.74) is 6.80. The molecule has 9 nitrogen and oxygen atoms in total. The Morgan fingerprint density at radius 2 is 1.95 bits per heavy atom. The van der Waals surface area contributed by atoms with E-state index in [9.17, 15) is 5.11 Å². The Hall–Kier alpha value is -4.08. The van der Waals surface area contributed by atoms with Crippen molar-refractivity contribution in [1.82, 2.24) is 19.4 Å². The quantitative estimate of drug-likeness (QED) is 0.109. The van der Waals surface area contributed by atoms with Crippen molar-refractivity contribution in [3.05, 3.63) is 67.0 Å². The first-order chi connectivity index (χ1) is 21.3. The molecule has 1 saturated heterocycles. The van der Waals surface area contributed by atoms with Crippen LogP contribution in [0.15, 0.2) is 61.4 Å². The number of fused-ring (bicyclic) bond motifs is 1. The molecule has 0 radical (unpaired) electrons. The van der Waals surface area contributed by atoms with Gasteiger partial charge < -0.3 is 34.8 Å². The number of aliphatic hydroxyl groups is 1. The number of anilines is 4. The van der Waals surface area contributed by atoms with Crippen LogP contribution in [0.5, 0.6) is 5.75 Å². The van der Waals surface area contributed by atoms with Crippen molar-refractivity contribution in [2.45, 2.75) is 51.7 Å². The maximum atomic E-state index is 10.4. The summed E-state index contributed by atoms with van der Waals surface area (Å²) in [6, 6.07) is 12.6. The van der Waals surface area contributed by atoms with Crippen LogP contribution in [0.2, 0.25) is 0 Å². The van der Waals surface area contributed by atoms with Crippen LogP contribution in [0.4, 0.5) is 23.0 Å². The molecule has 234 valence electrons. The van der Waals surface area contributed by atoms with Gasteiger partial charge >= 0.3 is 0 Å². The van der Waals surface area contributed by atoms with E-state index >= 15 is 0 Å². The molecule has 0 saturated carbocycles. The van der Waals surface area contributed by atoms with Crippen molar-refractivity contribution in [2.75, 3.05) is 55.9 Å². The Balaban J connectivity index is 1.44. The van der Waals surface area contributed by atoms with Gasteiger partial charge in [-0.25, -0.2) is 9.97 Å². The Morgan fingerprint density at radius 3 is 2.68 bits per heavy atom. The first kappa shape index (κ1) is 31.3. The maximum Gasteiger partial charge on any atom is 0.227 e. The van der Waals surface area contributed by atoms with Crippen molar-refractivity contribution in [3.8, 4) is 17.0 Å². The van der Waals surface area contributed by atoms with Crippen LogP contribution in [-0.4, -0.2) is 71.1 Å². The minimum atomic E-state index is -0.904. The second-order valence-electron chi connectivity index (χ2n) is 11.9. The van der Waals surface area contributed by atoms with E-state index in [2.05, 4.69) is 88.9 Å². The van der Waals surface area contributed by atoms with E-state index in [1.807, 2.05) is 18.2 Å². The van der Waals surface area contributed by atoms with E-state index in [0.717, 1.165) is 54.2 Å². The molecule has 0 spiro atoms. The number of methoxy groups -OCH3 is 1. The number of benzene rings is 2. The number of likely N-dealkylation sites (tertiary alicyclic amines) is 1. The van der Waals surface area contributed by atoms with Crippen LogP contribution in [0.3, 0.4) is 0 Å². The smallest absolute Gasteiger partial charge is 0.227 e. The lowest BCUT2D eigenvalue weighted by Crippen LogP contribution is -2.32. The summed E-state index contributed by atoms with van der Waals surface area (Å²) >= 11 is 0. The fraction of sp³-hybridized carbons (Fsp3) is 0.429. The molecular weight excluding hydrogens is 550 g/mol. The second kappa shape index (κ2) is 14.1. The lowest BCUT2D eigenvalue weighted by molar-refractivity contribution is 0.253. The topological polar surface area (TPSA) is 90.7 Å². The first-order valence-corrected chi connectivity index (χ1v) is 15.7. The third-order valence-electron chi connectivity index (χ3n) is 8.69. The molecule has 0 bridgehead atoms. The van der Waals surface area contributed by atoms with E-state index in [0.29, 0.717) is 23.3 Å². The van der Waals surface area contributed by atoms with Crippen LogP contribution in [0.25, 0.3) is 22.2 Å². The van der Waals surface area contributed by atoms with Gasteiger partial charge in [0.05, 0.1) is 29.9 Å². The van der Waals surface area contributed by atoms with Gasteiger partial charge in [0.25, 0.3) is 0 Å². The van der Waals surface area contributed by atoms with Crippen LogP contribution in [0.1, 0.15) is 51.0 Å². The third-order valence-corrected chi connectivity index (χ3v) is 8.69. The zero-order valence-corrected chi connectivity index (χ0v) is 26.8. The molecule has 1 aliphatic heterocycles. The van der Waals surface area contributed by atoms with Gasteiger partial charge in [0.15, 0.2) is 0 Å².